The molecule has 0 aliphatic heterocycles. The van der Waals surface area contributed by atoms with Crippen LogP contribution in [0.2, 0.25) is 0 Å². The Morgan fingerprint density at radius 2 is 1.84 bits per heavy atom. The molecule has 2 heterocycles. The van der Waals surface area contributed by atoms with E-state index < -0.39 is 17.6 Å². The lowest BCUT2D eigenvalue weighted by molar-refractivity contribution is 0.0991. The average Bonchev–Trinajstić information content (AvgIpc) is 3.21. The van der Waals surface area contributed by atoms with Crippen molar-refractivity contribution in [2.24, 2.45) is 21.7 Å². The van der Waals surface area contributed by atoms with E-state index in [2.05, 4.69) is 30.1 Å². The lowest BCUT2D eigenvalue weighted by atomic mass is 10.0. The zero-order valence-corrected chi connectivity index (χ0v) is 16.2. The second-order valence-corrected chi connectivity index (χ2v) is 6.41. The molecule has 12 nitrogen and oxygen atoms in total. The Labute approximate surface area is 179 Å². The zero-order valence-electron chi connectivity index (χ0n) is 16.2. The first-order valence-corrected chi connectivity index (χ1v) is 8.94. The zero-order chi connectivity index (χ0) is 22.8. The predicted molar refractivity (Wildman–Crippen MR) is 112 cm³/mol. The Morgan fingerprint density at radius 1 is 1.09 bits per heavy atom. The molecule has 156 valence electrons. The van der Waals surface area contributed by atoms with Crippen LogP contribution in [-0.4, -0.2) is 36.7 Å². The number of carbonyl (C=O) groups excluding carboxylic acids is 2. The fraction of sp³-hybridized carbons (Fsp3) is 0. The van der Waals surface area contributed by atoms with Crippen LogP contribution < -0.4 is 11.5 Å². The van der Waals surface area contributed by atoms with Crippen LogP contribution in [0.5, 0.6) is 5.75 Å². The minimum atomic E-state index is -0.907. The summed E-state index contributed by atoms with van der Waals surface area (Å²) in [6.07, 6.45) is 4.26. The van der Waals surface area contributed by atoms with Gasteiger partial charge in [0.15, 0.2) is 11.6 Å². The molecule has 2 amide bonds. The number of aromatic nitrogens is 4. The van der Waals surface area contributed by atoms with Crippen LogP contribution in [0.3, 0.4) is 0 Å². The molecule has 0 unspecified atom stereocenters. The highest BCUT2D eigenvalue weighted by molar-refractivity contribution is 6.08. The molecule has 0 aliphatic rings. The standard InChI is InChI=1S/C20H13N9O3/c1-23-14-9-26-29(20-24-5-2-6-25-20)19(14)28-27-15-12-4-3-10(17(21)31)7-11(12)8-13(16(15)30)18(22)32/h2-9,30H,(H2,21,31)(H2,22,32)/b28-27+. The monoisotopic (exact) mass is 427 g/mol. The van der Waals surface area contributed by atoms with Gasteiger partial charge in [-0.1, -0.05) is 6.07 Å². The van der Waals surface area contributed by atoms with Gasteiger partial charge in [-0.2, -0.15) is 9.78 Å². The van der Waals surface area contributed by atoms with Crippen LogP contribution in [0, 0.1) is 6.57 Å². The molecule has 0 saturated heterocycles. The van der Waals surface area contributed by atoms with E-state index in [1.807, 2.05) is 0 Å². The molecule has 4 rings (SSSR count). The third kappa shape index (κ3) is 3.46. The van der Waals surface area contributed by atoms with Crippen molar-refractivity contribution in [1.29, 1.82) is 0 Å². The number of primary amides is 2. The van der Waals surface area contributed by atoms with Crippen LogP contribution in [0.25, 0.3) is 21.6 Å². The Hall–Kier alpha value is -5.18. The number of nitrogens with zero attached hydrogens (tertiary/aromatic N) is 7. The summed E-state index contributed by atoms with van der Waals surface area (Å²) < 4.78 is 1.21. The molecule has 0 aliphatic carbocycles. The van der Waals surface area contributed by atoms with E-state index in [1.54, 1.807) is 6.07 Å². The number of aromatic hydroxyl groups is 1. The maximum absolute atomic E-state index is 11.8. The molecule has 12 heteroatoms. The first-order chi connectivity index (χ1) is 15.4. The quantitative estimate of drug-likeness (QED) is 0.325. The van der Waals surface area contributed by atoms with Gasteiger partial charge in [0.05, 0.1) is 18.3 Å². The van der Waals surface area contributed by atoms with Gasteiger partial charge in [0.2, 0.25) is 5.91 Å². The number of hydrogen-bond donors (Lipinski definition) is 3. The van der Waals surface area contributed by atoms with Crippen LogP contribution in [0.15, 0.2) is 59.2 Å². The van der Waals surface area contributed by atoms with Gasteiger partial charge in [0.25, 0.3) is 17.5 Å². The number of carbonyl (C=O) groups is 2. The molecular weight excluding hydrogens is 414 g/mol. The summed E-state index contributed by atoms with van der Waals surface area (Å²) in [5, 5.41) is 23.6. The van der Waals surface area contributed by atoms with E-state index in [4.69, 9.17) is 18.0 Å². The summed E-state index contributed by atoms with van der Waals surface area (Å²) in [5.74, 6) is -1.92. The lowest BCUT2D eigenvalue weighted by Crippen LogP contribution is -2.12. The summed E-state index contributed by atoms with van der Waals surface area (Å²) in [7, 11) is 0. The third-order valence-corrected chi connectivity index (χ3v) is 4.47. The minimum Gasteiger partial charge on any atom is -0.505 e. The second kappa shape index (κ2) is 7.92. The van der Waals surface area contributed by atoms with E-state index in [0.717, 1.165) is 0 Å². The summed E-state index contributed by atoms with van der Waals surface area (Å²) >= 11 is 0. The molecule has 0 spiro atoms. The molecule has 0 atom stereocenters. The number of rotatable bonds is 5. The van der Waals surface area contributed by atoms with Crippen molar-refractivity contribution in [3.63, 3.8) is 0 Å². The Balaban J connectivity index is 1.93. The van der Waals surface area contributed by atoms with Crippen molar-refractivity contribution < 1.29 is 14.7 Å². The van der Waals surface area contributed by atoms with Gasteiger partial charge >= 0.3 is 0 Å². The van der Waals surface area contributed by atoms with E-state index in [-0.39, 0.29) is 34.3 Å². The Morgan fingerprint density at radius 3 is 2.50 bits per heavy atom. The lowest BCUT2D eigenvalue weighted by Gasteiger charge is -2.09. The molecule has 0 bridgehead atoms. The SMILES string of the molecule is [C-]#[N+]c1cnn(-c2ncccn2)c1/N=N/c1c(O)c(C(N)=O)cc2cc(C(N)=O)ccc12. The molecule has 0 fully saturated rings. The van der Waals surface area contributed by atoms with Crippen molar-refractivity contribution in [1.82, 2.24) is 19.7 Å². The van der Waals surface area contributed by atoms with Crippen LogP contribution in [0.1, 0.15) is 20.7 Å². The highest BCUT2D eigenvalue weighted by Gasteiger charge is 2.19. The predicted octanol–water partition coefficient (Wildman–Crippen LogP) is 2.69. The highest BCUT2D eigenvalue weighted by Crippen LogP contribution is 2.40. The maximum Gasteiger partial charge on any atom is 0.252 e. The molecule has 5 N–H and O–H groups in total. The molecule has 2 aromatic heterocycles. The fourth-order valence-electron chi connectivity index (χ4n) is 2.97. The van der Waals surface area contributed by atoms with Gasteiger partial charge in [-0.15, -0.1) is 10.2 Å². The highest BCUT2D eigenvalue weighted by atomic mass is 16.3. The van der Waals surface area contributed by atoms with Gasteiger partial charge in [0, 0.05) is 23.3 Å². The van der Waals surface area contributed by atoms with E-state index in [9.17, 15) is 14.7 Å². The van der Waals surface area contributed by atoms with Crippen molar-refractivity contribution in [3.8, 4) is 11.7 Å². The van der Waals surface area contributed by atoms with Crippen molar-refractivity contribution in [2.75, 3.05) is 0 Å². The normalized spacial score (nSPS) is 11.0. The van der Waals surface area contributed by atoms with Gasteiger partial charge in [-0.3, -0.25) is 9.59 Å². The summed E-state index contributed by atoms with van der Waals surface area (Å²) in [6, 6.07) is 7.32. The number of azo groups is 1. The second-order valence-electron chi connectivity index (χ2n) is 6.41. The maximum atomic E-state index is 11.8. The van der Waals surface area contributed by atoms with Crippen molar-refractivity contribution >= 4 is 39.8 Å². The number of fused-ring (bicyclic) bond motifs is 1. The number of hydrogen-bond acceptors (Lipinski definition) is 8. The van der Waals surface area contributed by atoms with Gasteiger partial charge in [-0.25, -0.2) is 14.8 Å². The van der Waals surface area contributed by atoms with E-state index in [0.29, 0.717) is 10.8 Å². The molecule has 0 saturated carbocycles. The van der Waals surface area contributed by atoms with E-state index >= 15 is 0 Å². The Kier molecular flexibility index (Phi) is 4.98. The minimum absolute atomic E-state index is 0.0111. The number of phenols is 1. The third-order valence-electron chi connectivity index (χ3n) is 4.47. The van der Waals surface area contributed by atoms with Gasteiger partial charge < -0.3 is 16.6 Å². The van der Waals surface area contributed by atoms with Gasteiger partial charge in [0.1, 0.15) is 5.69 Å². The number of amides is 2. The molecule has 32 heavy (non-hydrogen) atoms. The first-order valence-electron chi connectivity index (χ1n) is 8.94. The van der Waals surface area contributed by atoms with Crippen LogP contribution in [0.4, 0.5) is 17.2 Å². The van der Waals surface area contributed by atoms with Gasteiger partial charge in [-0.05, 0) is 29.7 Å². The topological polar surface area (TPSA) is 179 Å². The summed E-state index contributed by atoms with van der Waals surface area (Å²) in [5.41, 5.74) is 10.6. The first kappa shape index (κ1) is 20.1. The van der Waals surface area contributed by atoms with Crippen molar-refractivity contribution in [2.45, 2.75) is 0 Å². The summed E-state index contributed by atoms with van der Waals surface area (Å²) in [4.78, 5) is 34.9. The molecular formula is C20H13N9O3. The molecule has 4 aromatic rings. The van der Waals surface area contributed by atoms with Crippen LogP contribution >= 0.6 is 0 Å². The van der Waals surface area contributed by atoms with E-state index in [1.165, 1.54) is 47.5 Å². The fourth-order valence-corrected chi connectivity index (χ4v) is 2.97. The average molecular weight is 427 g/mol. The summed E-state index contributed by atoms with van der Waals surface area (Å²) in [6.45, 7) is 7.35. The smallest absolute Gasteiger partial charge is 0.252 e. The number of nitrogens with two attached hydrogens (primary N) is 2. The Bertz CT molecular complexity index is 1450. The molecule has 0 radical (unpaired) electrons. The largest absolute Gasteiger partial charge is 0.505 e. The number of benzene rings is 2. The van der Waals surface area contributed by atoms with Crippen LogP contribution in [-0.2, 0) is 0 Å². The van der Waals surface area contributed by atoms with Crippen molar-refractivity contribution in [3.05, 3.63) is 71.5 Å². The molecule has 2 aromatic carbocycles.